The Morgan fingerprint density at radius 2 is 2.17 bits per heavy atom. The second kappa shape index (κ2) is 8.84. The quantitative estimate of drug-likeness (QED) is 0.806. The van der Waals surface area contributed by atoms with E-state index in [9.17, 15) is 0 Å². The summed E-state index contributed by atoms with van der Waals surface area (Å²) in [4.78, 5) is 0. The summed E-state index contributed by atoms with van der Waals surface area (Å²) in [5.74, 6) is 2.24. The van der Waals surface area contributed by atoms with Crippen LogP contribution in [0.2, 0.25) is 0 Å². The van der Waals surface area contributed by atoms with Gasteiger partial charge in [0.15, 0.2) is 0 Å². The van der Waals surface area contributed by atoms with Crippen LogP contribution in [0.25, 0.3) is 0 Å². The van der Waals surface area contributed by atoms with Crippen LogP contribution in [0.4, 0.5) is 0 Å². The van der Waals surface area contributed by atoms with Gasteiger partial charge in [-0.3, -0.25) is 0 Å². The molecule has 2 fully saturated rings. The molecule has 0 spiro atoms. The summed E-state index contributed by atoms with van der Waals surface area (Å²) in [6.45, 7) is 8.71. The maximum Gasteiger partial charge on any atom is 0.123 e. The number of hydrogen-bond donors (Lipinski definition) is 2. The van der Waals surface area contributed by atoms with Crippen molar-refractivity contribution >= 4 is 0 Å². The van der Waals surface area contributed by atoms with Gasteiger partial charge in [0.25, 0.3) is 0 Å². The molecule has 2 N–H and O–H groups in total. The maximum absolute atomic E-state index is 5.98. The van der Waals surface area contributed by atoms with Crippen LogP contribution in [0.15, 0.2) is 24.3 Å². The summed E-state index contributed by atoms with van der Waals surface area (Å²) in [6.07, 6.45) is 3.87. The minimum atomic E-state index is 0.506. The van der Waals surface area contributed by atoms with Crippen LogP contribution < -0.4 is 15.4 Å². The van der Waals surface area contributed by atoms with E-state index in [1.54, 1.807) is 0 Å². The number of rotatable bonds is 7. The molecule has 24 heavy (non-hydrogen) atoms. The monoisotopic (exact) mass is 332 g/mol. The SMILES string of the molecule is CC(C)COc1ccccc1CNC1CCCC1C1COCCN1. The fraction of sp³-hybridized carbons (Fsp3) is 0.700. The second-order valence-electron chi connectivity index (χ2n) is 7.53. The third-order valence-corrected chi connectivity index (χ3v) is 5.14. The van der Waals surface area contributed by atoms with Gasteiger partial charge in [-0.2, -0.15) is 0 Å². The van der Waals surface area contributed by atoms with Crippen molar-refractivity contribution in [2.75, 3.05) is 26.4 Å². The average Bonchev–Trinajstić information content (AvgIpc) is 3.08. The van der Waals surface area contributed by atoms with E-state index in [2.05, 4.69) is 48.7 Å². The Morgan fingerprint density at radius 1 is 1.29 bits per heavy atom. The zero-order chi connectivity index (χ0) is 16.8. The topological polar surface area (TPSA) is 42.5 Å². The van der Waals surface area contributed by atoms with Crippen LogP contribution in [0, 0.1) is 11.8 Å². The molecule has 3 atom stereocenters. The molecule has 1 aromatic carbocycles. The van der Waals surface area contributed by atoms with E-state index in [0.717, 1.165) is 38.7 Å². The molecule has 1 saturated heterocycles. The van der Waals surface area contributed by atoms with Crippen LogP contribution in [0.5, 0.6) is 5.75 Å². The molecular weight excluding hydrogens is 300 g/mol. The first-order valence-corrected chi connectivity index (χ1v) is 9.49. The first-order valence-electron chi connectivity index (χ1n) is 9.49. The molecule has 1 saturated carbocycles. The highest BCUT2D eigenvalue weighted by molar-refractivity contribution is 5.33. The molecule has 0 bridgehead atoms. The predicted octanol–water partition coefficient (Wildman–Crippen LogP) is 2.97. The van der Waals surface area contributed by atoms with Crippen molar-refractivity contribution < 1.29 is 9.47 Å². The Bertz CT molecular complexity index is 500. The average molecular weight is 332 g/mol. The van der Waals surface area contributed by atoms with Crippen LogP contribution >= 0.6 is 0 Å². The number of hydrogen-bond acceptors (Lipinski definition) is 4. The van der Waals surface area contributed by atoms with Crippen molar-refractivity contribution in [1.29, 1.82) is 0 Å². The molecular formula is C20H32N2O2. The summed E-state index contributed by atoms with van der Waals surface area (Å²) < 4.78 is 11.7. The van der Waals surface area contributed by atoms with Crippen molar-refractivity contribution in [2.45, 2.75) is 51.7 Å². The van der Waals surface area contributed by atoms with Crippen LogP contribution in [0.1, 0.15) is 38.7 Å². The lowest BCUT2D eigenvalue weighted by atomic mass is 9.94. The molecule has 0 radical (unpaired) electrons. The van der Waals surface area contributed by atoms with Gasteiger partial charge in [0.05, 0.1) is 19.8 Å². The molecule has 0 aromatic heterocycles. The lowest BCUT2D eigenvalue weighted by Crippen LogP contribution is -2.50. The molecule has 4 heteroatoms. The zero-order valence-corrected chi connectivity index (χ0v) is 15.1. The normalized spacial score (nSPS) is 27.5. The summed E-state index contributed by atoms with van der Waals surface area (Å²) in [7, 11) is 0. The number of ether oxygens (including phenoxy) is 2. The lowest BCUT2D eigenvalue weighted by molar-refractivity contribution is 0.0524. The molecule has 3 unspecified atom stereocenters. The number of morpholine rings is 1. The molecule has 1 aliphatic heterocycles. The van der Waals surface area contributed by atoms with Crippen molar-refractivity contribution in [2.24, 2.45) is 11.8 Å². The van der Waals surface area contributed by atoms with Gasteiger partial charge in [0.2, 0.25) is 0 Å². The second-order valence-corrected chi connectivity index (χ2v) is 7.53. The molecule has 1 heterocycles. The van der Waals surface area contributed by atoms with Crippen molar-refractivity contribution in [1.82, 2.24) is 10.6 Å². The van der Waals surface area contributed by atoms with Crippen molar-refractivity contribution in [3.63, 3.8) is 0 Å². The Hall–Kier alpha value is -1.10. The Balaban J connectivity index is 1.56. The summed E-state index contributed by atoms with van der Waals surface area (Å²) in [6, 6.07) is 9.49. The minimum Gasteiger partial charge on any atom is -0.493 e. The smallest absolute Gasteiger partial charge is 0.123 e. The van der Waals surface area contributed by atoms with Gasteiger partial charge in [-0.25, -0.2) is 0 Å². The first-order chi connectivity index (χ1) is 11.7. The van der Waals surface area contributed by atoms with Gasteiger partial charge < -0.3 is 20.1 Å². The van der Waals surface area contributed by atoms with Crippen LogP contribution in [-0.4, -0.2) is 38.4 Å². The number of para-hydroxylation sites is 1. The standard InChI is InChI=1S/C20H32N2O2/c1-15(2)13-24-20-9-4-3-6-16(20)12-22-18-8-5-7-17(18)19-14-23-11-10-21-19/h3-4,6,9,15,17-19,21-22H,5,7-8,10-14H2,1-2H3. The molecule has 4 nitrogen and oxygen atoms in total. The minimum absolute atomic E-state index is 0.506. The molecule has 134 valence electrons. The Kier molecular flexibility index (Phi) is 6.52. The zero-order valence-electron chi connectivity index (χ0n) is 15.1. The lowest BCUT2D eigenvalue weighted by Gasteiger charge is -2.33. The summed E-state index contributed by atoms with van der Waals surface area (Å²) >= 11 is 0. The Labute approximate surface area is 146 Å². The highest BCUT2D eigenvalue weighted by Gasteiger charge is 2.34. The van der Waals surface area contributed by atoms with Gasteiger partial charge in [0.1, 0.15) is 5.75 Å². The van der Waals surface area contributed by atoms with E-state index in [1.165, 1.54) is 24.8 Å². The third-order valence-electron chi connectivity index (χ3n) is 5.14. The van der Waals surface area contributed by atoms with Gasteiger partial charge in [-0.1, -0.05) is 38.5 Å². The largest absolute Gasteiger partial charge is 0.493 e. The predicted molar refractivity (Wildman–Crippen MR) is 97.4 cm³/mol. The number of nitrogens with one attached hydrogen (secondary N) is 2. The van der Waals surface area contributed by atoms with E-state index >= 15 is 0 Å². The highest BCUT2D eigenvalue weighted by Crippen LogP contribution is 2.30. The van der Waals surface area contributed by atoms with E-state index in [4.69, 9.17) is 9.47 Å². The van der Waals surface area contributed by atoms with E-state index < -0.39 is 0 Å². The van der Waals surface area contributed by atoms with Crippen LogP contribution in [0.3, 0.4) is 0 Å². The summed E-state index contributed by atoms with van der Waals surface area (Å²) in [5, 5.41) is 7.44. The van der Waals surface area contributed by atoms with E-state index in [-0.39, 0.29) is 0 Å². The van der Waals surface area contributed by atoms with Crippen LogP contribution in [-0.2, 0) is 11.3 Å². The van der Waals surface area contributed by atoms with Gasteiger partial charge in [-0.05, 0) is 30.7 Å². The van der Waals surface area contributed by atoms with Gasteiger partial charge >= 0.3 is 0 Å². The molecule has 2 aliphatic rings. The maximum atomic E-state index is 5.98. The van der Waals surface area contributed by atoms with Gasteiger partial charge in [0, 0.05) is 30.7 Å². The molecule has 0 amide bonds. The van der Waals surface area contributed by atoms with Gasteiger partial charge in [-0.15, -0.1) is 0 Å². The molecule has 1 aliphatic carbocycles. The summed E-state index contributed by atoms with van der Waals surface area (Å²) in [5.41, 5.74) is 1.26. The van der Waals surface area contributed by atoms with E-state index in [1.807, 2.05) is 0 Å². The van der Waals surface area contributed by atoms with E-state index in [0.29, 0.717) is 23.9 Å². The Morgan fingerprint density at radius 3 is 2.96 bits per heavy atom. The fourth-order valence-corrected chi connectivity index (χ4v) is 3.87. The fourth-order valence-electron chi connectivity index (χ4n) is 3.87. The first kappa shape index (κ1) is 17.7. The third kappa shape index (κ3) is 4.71. The molecule has 3 rings (SSSR count). The number of benzene rings is 1. The molecule has 1 aromatic rings. The van der Waals surface area contributed by atoms with Crippen molar-refractivity contribution in [3.8, 4) is 5.75 Å². The highest BCUT2D eigenvalue weighted by atomic mass is 16.5. The van der Waals surface area contributed by atoms with Crippen molar-refractivity contribution in [3.05, 3.63) is 29.8 Å².